The minimum Gasteiger partial charge on any atom is -0.506 e. The number of carbonyl (C=O) groups excluding carboxylic acids is 2. The quantitative estimate of drug-likeness (QED) is 0.829. The van der Waals surface area contributed by atoms with Crippen molar-refractivity contribution >= 4 is 35.2 Å². The number of benzene rings is 1. The van der Waals surface area contributed by atoms with Crippen molar-refractivity contribution in [3.05, 3.63) is 27.7 Å². The zero-order chi connectivity index (χ0) is 18.0. The van der Waals surface area contributed by atoms with Crippen molar-refractivity contribution in [1.29, 1.82) is 0 Å². The Morgan fingerprint density at radius 2 is 1.92 bits per heavy atom. The average Bonchev–Trinajstić information content (AvgIpc) is 2.54. The Labute approximate surface area is 154 Å². The first-order valence-electron chi connectivity index (χ1n) is 7.96. The summed E-state index contributed by atoms with van der Waals surface area (Å²) in [4.78, 5) is 25.9. The Morgan fingerprint density at radius 1 is 1.24 bits per heavy atom. The standard InChI is InChI=1S/C16H18Cl2N2O5/c17-9-5-12(14(21)13(18)6-9)15(22)19-10-1-3-20(4-2-10)16(23)25-11-7-24-8-11/h5-6,10-11,21H,1-4,7-8H2,(H,19,22). The molecule has 25 heavy (non-hydrogen) atoms. The first-order chi connectivity index (χ1) is 11.9. The van der Waals surface area contributed by atoms with Gasteiger partial charge in [0.05, 0.1) is 23.8 Å². The lowest BCUT2D eigenvalue weighted by Crippen LogP contribution is -2.49. The number of nitrogens with one attached hydrogen (secondary N) is 1. The summed E-state index contributed by atoms with van der Waals surface area (Å²) >= 11 is 11.7. The summed E-state index contributed by atoms with van der Waals surface area (Å²) in [6.07, 6.45) is 0.687. The van der Waals surface area contributed by atoms with Crippen LogP contribution in [-0.2, 0) is 9.47 Å². The van der Waals surface area contributed by atoms with Gasteiger partial charge in [-0.2, -0.15) is 0 Å². The van der Waals surface area contributed by atoms with Gasteiger partial charge in [-0.15, -0.1) is 0 Å². The predicted octanol–water partition coefficient (Wildman–Crippen LogP) is 2.43. The van der Waals surface area contributed by atoms with E-state index in [2.05, 4.69) is 5.32 Å². The van der Waals surface area contributed by atoms with E-state index in [0.29, 0.717) is 39.1 Å². The highest BCUT2D eigenvalue weighted by Crippen LogP contribution is 2.31. The molecule has 0 unspecified atom stereocenters. The van der Waals surface area contributed by atoms with Crippen molar-refractivity contribution < 1.29 is 24.2 Å². The number of halogens is 2. The molecular weight excluding hydrogens is 371 g/mol. The molecule has 2 fully saturated rings. The molecule has 2 aliphatic heterocycles. The third kappa shape index (κ3) is 4.29. The number of hydrogen-bond donors (Lipinski definition) is 2. The number of nitrogens with zero attached hydrogens (tertiary/aromatic N) is 1. The molecule has 1 aromatic carbocycles. The molecule has 0 saturated carbocycles. The van der Waals surface area contributed by atoms with Gasteiger partial charge in [-0.05, 0) is 25.0 Å². The highest BCUT2D eigenvalue weighted by atomic mass is 35.5. The van der Waals surface area contributed by atoms with Crippen LogP contribution in [-0.4, -0.2) is 60.5 Å². The molecule has 2 saturated heterocycles. The summed E-state index contributed by atoms with van der Waals surface area (Å²) in [5, 5.41) is 13.0. The molecule has 2 N–H and O–H groups in total. The molecule has 136 valence electrons. The Balaban J connectivity index is 1.52. The van der Waals surface area contributed by atoms with E-state index in [4.69, 9.17) is 32.7 Å². The van der Waals surface area contributed by atoms with Crippen LogP contribution in [0.5, 0.6) is 5.75 Å². The lowest BCUT2D eigenvalue weighted by Gasteiger charge is -2.34. The largest absolute Gasteiger partial charge is 0.506 e. The topological polar surface area (TPSA) is 88.1 Å². The third-order valence-corrected chi connectivity index (χ3v) is 4.74. The first-order valence-corrected chi connectivity index (χ1v) is 8.72. The number of amides is 2. The minimum absolute atomic E-state index is 0.0233. The van der Waals surface area contributed by atoms with E-state index >= 15 is 0 Å². The van der Waals surface area contributed by atoms with Gasteiger partial charge >= 0.3 is 6.09 Å². The number of aromatic hydroxyl groups is 1. The predicted molar refractivity (Wildman–Crippen MR) is 91.3 cm³/mol. The van der Waals surface area contributed by atoms with E-state index in [1.807, 2.05) is 0 Å². The number of ether oxygens (including phenoxy) is 2. The van der Waals surface area contributed by atoms with Crippen LogP contribution >= 0.6 is 23.2 Å². The zero-order valence-corrected chi connectivity index (χ0v) is 14.8. The molecule has 7 nitrogen and oxygen atoms in total. The fourth-order valence-corrected chi connectivity index (χ4v) is 3.20. The monoisotopic (exact) mass is 388 g/mol. The second-order valence-electron chi connectivity index (χ2n) is 6.06. The third-order valence-electron chi connectivity index (χ3n) is 4.24. The van der Waals surface area contributed by atoms with Crippen LogP contribution in [0.1, 0.15) is 23.2 Å². The number of piperidine rings is 1. The molecule has 0 spiro atoms. The highest BCUT2D eigenvalue weighted by molar-refractivity contribution is 6.36. The van der Waals surface area contributed by atoms with Gasteiger partial charge in [-0.3, -0.25) is 4.79 Å². The summed E-state index contributed by atoms with van der Waals surface area (Å²) in [7, 11) is 0. The maximum atomic E-state index is 12.3. The smallest absolute Gasteiger partial charge is 0.410 e. The van der Waals surface area contributed by atoms with E-state index in [0.717, 1.165) is 0 Å². The van der Waals surface area contributed by atoms with E-state index in [9.17, 15) is 14.7 Å². The van der Waals surface area contributed by atoms with Crippen LogP contribution in [0.15, 0.2) is 12.1 Å². The summed E-state index contributed by atoms with van der Waals surface area (Å²) < 4.78 is 10.2. The van der Waals surface area contributed by atoms with Gasteiger partial charge < -0.3 is 24.8 Å². The second kappa shape index (κ2) is 7.68. The van der Waals surface area contributed by atoms with Crippen molar-refractivity contribution in [3.8, 4) is 5.75 Å². The molecule has 2 amide bonds. The zero-order valence-electron chi connectivity index (χ0n) is 13.3. The number of likely N-dealkylation sites (tertiary alicyclic amines) is 1. The summed E-state index contributed by atoms with van der Waals surface area (Å²) in [6, 6.07) is 2.62. The maximum Gasteiger partial charge on any atom is 0.410 e. The van der Waals surface area contributed by atoms with Crippen LogP contribution in [0.3, 0.4) is 0 Å². The van der Waals surface area contributed by atoms with E-state index in [-0.39, 0.29) is 39.6 Å². The van der Waals surface area contributed by atoms with Gasteiger partial charge in [0.15, 0.2) is 6.10 Å². The fourth-order valence-electron chi connectivity index (χ4n) is 2.71. The van der Waals surface area contributed by atoms with Crippen LogP contribution < -0.4 is 5.32 Å². The Bertz CT molecular complexity index is 673. The van der Waals surface area contributed by atoms with E-state index in [1.165, 1.54) is 12.1 Å². The normalized spacial score (nSPS) is 18.6. The molecule has 9 heteroatoms. The Kier molecular flexibility index (Phi) is 5.56. The number of phenols is 1. The lowest BCUT2D eigenvalue weighted by molar-refractivity contribution is -0.105. The van der Waals surface area contributed by atoms with Crippen molar-refractivity contribution in [1.82, 2.24) is 10.2 Å². The van der Waals surface area contributed by atoms with E-state index in [1.54, 1.807) is 4.90 Å². The molecule has 0 aromatic heterocycles. The number of phenolic OH excluding ortho intramolecular Hbond substituents is 1. The lowest BCUT2D eigenvalue weighted by atomic mass is 10.0. The van der Waals surface area contributed by atoms with Gasteiger partial charge in [0, 0.05) is 24.2 Å². The van der Waals surface area contributed by atoms with Gasteiger partial charge in [0.25, 0.3) is 5.91 Å². The Hall–Kier alpha value is -1.70. The summed E-state index contributed by atoms with van der Waals surface area (Å²) in [5.41, 5.74) is 0.0318. The van der Waals surface area contributed by atoms with Crippen molar-refractivity contribution in [2.45, 2.75) is 25.0 Å². The van der Waals surface area contributed by atoms with Crippen LogP contribution in [0.25, 0.3) is 0 Å². The fraction of sp³-hybridized carbons (Fsp3) is 0.500. The maximum absolute atomic E-state index is 12.3. The molecule has 0 radical (unpaired) electrons. The minimum atomic E-state index is -0.449. The molecular formula is C16H18Cl2N2O5. The van der Waals surface area contributed by atoms with Crippen molar-refractivity contribution in [2.75, 3.05) is 26.3 Å². The molecule has 0 atom stereocenters. The first kappa shape index (κ1) is 18.1. The summed E-state index contributed by atoms with van der Waals surface area (Å²) in [5.74, 6) is -0.748. The van der Waals surface area contributed by atoms with Crippen molar-refractivity contribution in [2.24, 2.45) is 0 Å². The molecule has 3 rings (SSSR count). The number of hydrogen-bond acceptors (Lipinski definition) is 5. The number of rotatable bonds is 3. The van der Waals surface area contributed by atoms with Crippen molar-refractivity contribution in [3.63, 3.8) is 0 Å². The SMILES string of the molecule is O=C(NC1CCN(C(=O)OC2COC2)CC1)c1cc(Cl)cc(Cl)c1O. The van der Waals surface area contributed by atoms with Gasteiger partial charge in [-0.25, -0.2) is 4.79 Å². The van der Waals surface area contributed by atoms with Gasteiger partial charge in [0.2, 0.25) is 0 Å². The van der Waals surface area contributed by atoms with E-state index < -0.39 is 5.91 Å². The molecule has 2 aliphatic rings. The molecule has 1 aromatic rings. The van der Waals surface area contributed by atoms with Crippen LogP contribution in [0.2, 0.25) is 10.0 Å². The molecule has 0 aliphatic carbocycles. The highest BCUT2D eigenvalue weighted by Gasteiger charge is 2.29. The van der Waals surface area contributed by atoms with Crippen LogP contribution in [0.4, 0.5) is 4.79 Å². The Morgan fingerprint density at radius 3 is 2.52 bits per heavy atom. The second-order valence-corrected chi connectivity index (χ2v) is 6.91. The number of carbonyl (C=O) groups is 2. The summed E-state index contributed by atoms with van der Waals surface area (Å²) in [6.45, 7) is 1.87. The van der Waals surface area contributed by atoms with Gasteiger partial charge in [-0.1, -0.05) is 23.2 Å². The van der Waals surface area contributed by atoms with Gasteiger partial charge in [0.1, 0.15) is 5.75 Å². The van der Waals surface area contributed by atoms with Crippen LogP contribution in [0, 0.1) is 0 Å². The average molecular weight is 389 g/mol. The molecule has 2 heterocycles. The molecule has 0 bridgehead atoms.